The first kappa shape index (κ1) is 20.4. The van der Waals surface area contributed by atoms with E-state index in [1.54, 1.807) is 42.7 Å². The lowest BCUT2D eigenvalue weighted by atomic mass is 10.0. The summed E-state index contributed by atoms with van der Waals surface area (Å²) in [5.41, 5.74) is 2.33. The largest absolute Gasteiger partial charge is 0.497 e. The van der Waals surface area contributed by atoms with E-state index in [-0.39, 0.29) is 0 Å². The molecule has 1 atom stereocenters. The van der Waals surface area contributed by atoms with Gasteiger partial charge in [0.25, 0.3) is 0 Å². The van der Waals surface area contributed by atoms with E-state index in [1.807, 2.05) is 36.6 Å². The summed E-state index contributed by atoms with van der Waals surface area (Å²) < 4.78 is 32.5. The van der Waals surface area contributed by atoms with E-state index in [2.05, 4.69) is 6.07 Å². The summed E-state index contributed by atoms with van der Waals surface area (Å²) in [6, 6.07) is 17.2. The van der Waals surface area contributed by atoms with Gasteiger partial charge in [0.15, 0.2) is 0 Å². The van der Waals surface area contributed by atoms with Crippen LogP contribution in [-0.2, 0) is 22.9 Å². The third kappa shape index (κ3) is 4.72. The first-order valence-corrected chi connectivity index (χ1v) is 11.7. The molecule has 0 saturated heterocycles. The van der Waals surface area contributed by atoms with Crippen molar-refractivity contribution in [1.29, 1.82) is 0 Å². The highest BCUT2D eigenvalue weighted by Gasteiger charge is 2.30. The number of thiazole rings is 1. The molecule has 3 aromatic rings. The Morgan fingerprint density at radius 1 is 1.25 bits per heavy atom. The molecule has 0 saturated carbocycles. The van der Waals surface area contributed by atoms with Gasteiger partial charge in [-0.3, -0.25) is 4.31 Å². The summed E-state index contributed by atoms with van der Waals surface area (Å²) in [6.07, 6.45) is 2.55. The molecule has 0 aliphatic heterocycles. The zero-order valence-electron chi connectivity index (χ0n) is 16.1. The van der Waals surface area contributed by atoms with Crippen LogP contribution in [0.5, 0.6) is 5.75 Å². The average molecular weight is 416 g/mol. The molecule has 1 heterocycles. The molecule has 1 aromatic heterocycles. The Labute approximate surface area is 170 Å². The predicted octanol–water partition coefficient (Wildman–Crippen LogP) is 4.26. The molecule has 0 spiro atoms. The lowest BCUT2D eigenvalue weighted by Gasteiger charge is -2.31. The van der Waals surface area contributed by atoms with Crippen LogP contribution < -0.4 is 9.04 Å². The fourth-order valence-electron chi connectivity index (χ4n) is 3.08. The van der Waals surface area contributed by atoms with Gasteiger partial charge < -0.3 is 4.74 Å². The Hall–Kier alpha value is -2.38. The fraction of sp³-hybridized carbons (Fsp3) is 0.286. The molecule has 28 heavy (non-hydrogen) atoms. The number of hydrogen-bond acceptors (Lipinski definition) is 5. The number of benzene rings is 2. The van der Waals surface area contributed by atoms with Gasteiger partial charge in [-0.2, -0.15) is 0 Å². The van der Waals surface area contributed by atoms with Gasteiger partial charge in [0.05, 0.1) is 35.8 Å². The molecule has 5 nitrogen and oxygen atoms in total. The third-order valence-electron chi connectivity index (χ3n) is 4.38. The van der Waals surface area contributed by atoms with E-state index in [9.17, 15) is 8.42 Å². The quantitative estimate of drug-likeness (QED) is 0.551. The number of hydrogen-bond donors (Lipinski definition) is 0. The average Bonchev–Trinajstić information content (AvgIpc) is 3.16. The van der Waals surface area contributed by atoms with Crippen LogP contribution in [0.15, 0.2) is 53.9 Å². The Kier molecular flexibility index (Phi) is 6.36. The molecule has 0 amide bonds. The molecule has 2 aromatic carbocycles. The van der Waals surface area contributed by atoms with Gasteiger partial charge in [0.2, 0.25) is 10.0 Å². The summed E-state index contributed by atoms with van der Waals surface area (Å²) >= 11 is 1.56. The summed E-state index contributed by atoms with van der Waals surface area (Å²) in [7, 11) is -2.01. The number of sulfonamides is 1. The van der Waals surface area contributed by atoms with Crippen LogP contribution in [0.2, 0.25) is 0 Å². The maximum absolute atomic E-state index is 12.9. The normalized spacial score (nSPS) is 12.5. The van der Waals surface area contributed by atoms with Crippen molar-refractivity contribution in [2.24, 2.45) is 0 Å². The van der Waals surface area contributed by atoms with E-state index in [4.69, 9.17) is 9.72 Å². The monoisotopic (exact) mass is 415 g/mol. The lowest BCUT2D eigenvalue weighted by Crippen LogP contribution is -2.35. The molecule has 1 unspecified atom stereocenters. The van der Waals surface area contributed by atoms with Crippen molar-refractivity contribution in [2.75, 3.05) is 17.7 Å². The van der Waals surface area contributed by atoms with Gasteiger partial charge in [-0.05, 0) is 36.6 Å². The molecular formula is C21H23N2O3S2. The number of nitrogens with zero attached hydrogens (tertiary/aromatic N) is 2. The molecule has 0 aliphatic carbocycles. The molecule has 0 bridgehead atoms. The van der Waals surface area contributed by atoms with Crippen LogP contribution in [0.3, 0.4) is 0 Å². The van der Waals surface area contributed by atoms with Crippen molar-refractivity contribution >= 4 is 27.0 Å². The zero-order chi connectivity index (χ0) is 20.1. The Morgan fingerprint density at radius 3 is 2.61 bits per heavy atom. The van der Waals surface area contributed by atoms with Crippen LogP contribution in [0.1, 0.15) is 29.2 Å². The van der Waals surface area contributed by atoms with Gasteiger partial charge >= 0.3 is 0 Å². The van der Waals surface area contributed by atoms with Crippen LogP contribution in [0, 0.1) is 6.07 Å². The molecule has 1 radical (unpaired) electrons. The molecule has 7 heteroatoms. The van der Waals surface area contributed by atoms with Crippen molar-refractivity contribution < 1.29 is 13.2 Å². The van der Waals surface area contributed by atoms with E-state index in [0.29, 0.717) is 17.9 Å². The SMILES string of the molecule is CCc1nc(C(Cc2cc[c]cc2)N(c2cccc(OC)c2)S(C)(=O)=O)cs1. The minimum absolute atomic E-state index is 0.457. The predicted molar refractivity (Wildman–Crippen MR) is 114 cm³/mol. The molecule has 147 valence electrons. The van der Waals surface area contributed by atoms with Gasteiger partial charge in [0.1, 0.15) is 5.75 Å². The van der Waals surface area contributed by atoms with Gasteiger partial charge in [-0.25, -0.2) is 13.4 Å². The van der Waals surface area contributed by atoms with Gasteiger partial charge in [-0.1, -0.05) is 37.3 Å². The fourth-order valence-corrected chi connectivity index (χ4v) is 5.01. The number of anilines is 1. The number of aromatic nitrogens is 1. The highest BCUT2D eigenvalue weighted by molar-refractivity contribution is 7.92. The van der Waals surface area contributed by atoms with E-state index >= 15 is 0 Å². The summed E-state index contributed by atoms with van der Waals surface area (Å²) in [4.78, 5) is 4.70. The minimum Gasteiger partial charge on any atom is -0.497 e. The topological polar surface area (TPSA) is 59.5 Å². The second-order valence-electron chi connectivity index (χ2n) is 6.41. The number of rotatable bonds is 8. The number of methoxy groups -OCH3 is 1. The second-order valence-corrected chi connectivity index (χ2v) is 9.21. The highest BCUT2D eigenvalue weighted by Crippen LogP contribution is 2.34. The second kappa shape index (κ2) is 8.75. The van der Waals surface area contributed by atoms with Crippen molar-refractivity contribution in [3.63, 3.8) is 0 Å². The van der Waals surface area contributed by atoms with Crippen molar-refractivity contribution in [3.8, 4) is 5.75 Å². The Balaban J connectivity index is 2.12. The Bertz CT molecular complexity index is 1020. The number of aryl methyl sites for hydroxylation is 1. The summed E-state index contributed by atoms with van der Waals surface area (Å²) in [5, 5.41) is 2.94. The van der Waals surface area contributed by atoms with Crippen molar-refractivity contribution in [2.45, 2.75) is 25.8 Å². The minimum atomic E-state index is -3.57. The van der Waals surface area contributed by atoms with Crippen LogP contribution in [0.25, 0.3) is 0 Å². The smallest absolute Gasteiger partial charge is 0.232 e. The van der Waals surface area contributed by atoms with Crippen LogP contribution in [-0.4, -0.2) is 26.8 Å². The van der Waals surface area contributed by atoms with E-state index < -0.39 is 16.1 Å². The lowest BCUT2D eigenvalue weighted by molar-refractivity contribution is 0.415. The molecule has 0 N–H and O–H groups in total. The van der Waals surface area contributed by atoms with Gasteiger partial charge in [0, 0.05) is 11.4 Å². The molecule has 3 rings (SSSR count). The third-order valence-corrected chi connectivity index (χ3v) is 6.57. The summed E-state index contributed by atoms with van der Waals surface area (Å²) in [5.74, 6) is 0.603. The zero-order valence-corrected chi connectivity index (χ0v) is 17.8. The highest BCUT2D eigenvalue weighted by atomic mass is 32.2. The van der Waals surface area contributed by atoms with Crippen molar-refractivity contribution in [1.82, 2.24) is 4.98 Å². The maximum atomic E-state index is 12.9. The van der Waals surface area contributed by atoms with E-state index in [1.165, 1.54) is 10.6 Å². The van der Waals surface area contributed by atoms with E-state index in [0.717, 1.165) is 22.7 Å². The standard InChI is InChI=1S/C21H23N2O3S2/c1-4-21-22-19(15-27-21)20(13-16-9-6-5-7-10-16)23(28(3,24)25)17-11-8-12-18(14-17)26-2/h6-12,14-15,20H,4,13H2,1-3H3. The molecule has 0 fully saturated rings. The number of ether oxygens (including phenoxy) is 1. The first-order chi connectivity index (χ1) is 13.4. The molecular weight excluding hydrogens is 392 g/mol. The summed E-state index contributed by atoms with van der Waals surface area (Å²) in [6.45, 7) is 2.04. The maximum Gasteiger partial charge on any atom is 0.232 e. The van der Waals surface area contributed by atoms with Crippen LogP contribution >= 0.6 is 11.3 Å². The molecule has 0 aliphatic rings. The van der Waals surface area contributed by atoms with Crippen LogP contribution in [0.4, 0.5) is 5.69 Å². The first-order valence-electron chi connectivity index (χ1n) is 8.95. The van der Waals surface area contributed by atoms with Gasteiger partial charge in [-0.15, -0.1) is 11.3 Å². The van der Waals surface area contributed by atoms with Crippen molar-refractivity contribution in [3.05, 3.63) is 76.2 Å². The Morgan fingerprint density at radius 2 is 2.00 bits per heavy atom.